The van der Waals surface area contributed by atoms with Crippen LogP contribution in [0.4, 0.5) is 0 Å². The lowest BCUT2D eigenvalue weighted by molar-refractivity contribution is 1.07. The van der Waals surface area contributed by atoms with Gasteiger partial charge in [-0.1, -0.05) is 127 Å². The normalized spacial score (nSPS) is 10.8. The Morgan fingerprint density at radius 1 is 0.405 bits per heavy atom. The van der Waals surface area contributed by atoms with Gasteiger partial charge >= 0.3 is 0 Å². The largest absolute Gasteiger partial charge is 0.208 e. The first-order valence-corrected chi connectivity index (χ1v) is 13.8. The van der Waals surface area contributed by atoms with Crippen molar-refractivity contribution in [2.24, 2.45) is 0 Å². The molecular weight excluding hydrogens is 512 g/mol. The van der Waals surface area contributed by atoms with Crippen LogP contribution in [0.2, 0.25) is 0 Å². The number of nitrogens with zero attached hydrogens (tertiary/aromatic N) is 4. The highest BCUT2D eigenvalue weighted by Gasteiger charge is 2.13. The van der Waals surface area contributed by atoms with Gasteiger partial charge in [-0.15, -0.1) is 0 Å². The fourth-order valence-corrected chi connectivity index (χ4v) is 5.21. The Kier molecular flexibility index (Phi) is 6.52. The van der Waals surface area contributed by atoms with E-state index in [0.29, 0.717) is 23.0 Å². The van der Waals surface area contributed by atoms with E-state index in [1.54, 1.807) is 0 Å². The van der Waals surface area contributed by atoms with Gasteiger partial charge in [0.05, 0.1) is 11.6 Å². The Balaban J connectivity index is 1.28. The van der Waals surface area contributed by atoms with E-state index in [1.165, 1.54) is 0 Å². The molecule has 0 saturated heterocycles. The van der Waals surface area contributed by atoms with Crippen LogP contribution in [0.3, 0.4) is 0 Å². The van der Waals surface area contributed by atoms with E-state index in [-0.39, 0.29) is 0 Å². The summed E-state index contributed by atoms with van der Waals surface area (Å²) in [6, 6.07) is 51.2. The quantitative estimate of drug-likeness (QED) is 0.220. The molecule has 0 aliphatic carbocycles. The molecule has 196 valence electrons. The molecule has 0 saturated carbocycles. The summed E-state index contributed by atoms with van der Waals surface area (Å²) in [6.07, 6.45) is 0. The molecule has 7 aromatic rings. The maximum atomic E-state index is 9.40. The van der Waals surface area contributed by atoms with Gasteiger partial charge in [0.25, 0.3) is 0 Å². The van der Waals surface area contributed by atoms with Gasteiger partial charge in [0, 0.05) is 16.7 Å². The number of hydrogen-bond acceptors (Lipinski definition) is 4. The molecule has 0 unspecified atom stereocenters. The van der Waals surface area contributed by atoms with Gasteiger partial charge in [0.15, 0.2) is 17.5 Å². The molecule has 6 aromatic carbocycles. The lowest BCUT2D eigenvalue weighted by atomic mass is 9.94. The summed E-state index contributed by atoms with van der Waals surface area (Å²) in [6.45, 7) is 0. The Morgan fingerprint density at radius 2 is 0.929 bits per heavy atom. The van der Waals surface area contributed by atoms with Crippen LogP contribution in [-0.4, -0.2) is 15.0 Å². The summed E-state index contributed by atoms with van der Waals surface area (Å²) < 4.78 is 0. The predicted molar refractivity (Wildman–Crippen MR) is 169 cm³/mol. The van der Waals surface area contributed by atoms with E-state index < -0.39 is 0 Å². The van der Waals surface area contributed by atoms with Crippen LogP contribution in [0.5, 0.6) is 0 Å². The number of hydrogen-bond donors (Lipinski definition) is 0. The van der Waals surface area contributed by atoms with E-state index in [9.17, 15) is 5.26 Å². The summed E-state index contributed by atoms with van der Waals surface area (Å²) in [7, 11) is 0. The first-order chi connectivity index (χ1) is 20.7. The van der Waals surface area contributed by atoms with Crippen LogP contribution in [0.15, 0.2) is 146 Å². The Hall–Kier alpha value is -5.92. The van der Waals surface area contributed by atoms with Crippen LogP contribution in [-0.2, 0) is 0 Å². The van der Waals surface area contributed by atoms with E-state index in [2.05, 4.69) is 72.8 Å². The smallest absolute Gasteiger partial charge is 0.164 e. The number of fused-ring (bicyclic) bond motifs is 1. The van der Waals surface area contributed by atoms with Crippen LogP contribution in [0.1, 0.15) is 5.56 Å². The Morgan fingerprint density at radius 3 is 1.55 bits per heavy atom. The van der Waals surface area contributed by atoms with Crippen LogP contribution in [0, 0.1) is 11.3 Å². The monoisotopic (exact) mass is 536 g/mol. The highest BCUT2D eigenvalue weighted by molar-refractivity contribution is 5.99. The minimum Gasteiger partial charge on any atom is -0.208 e. The summed E-state index contributed by atoms with van der Waals surface area (Å²) in [5, 5.41) is 11.7. The third-order valence-electron chi connectivity index (χ3n) is 7.36. The van der Waals surface area contributed by atoms with Crippen LogP contribution < -0.4 is 0 Å². The SMILES string of the molecule is N#Cc1cccc(-c2cccc3ccc(-c4ccc(-c5nc(-c6ccccc6)nc(-c6ccccc6)n5)cc4)cc23)c1. The topological polar surface area (TPSA) is 62.5 Å². The lowest BCUT2D eigenvalue weighted by Gasteiger charge is -2.11. The zero-order valence-corrected chi connectivity index (χ0v) is 22.6. The molecule has 0 radical (unpaired) electrons. The highest BCUT2D eigenvalue weighted by Crippen LogP contribution is 2.33. The molecule has 0 fully saturated rings. The molecule has 0 bridgehead atoms. The molecule has 0 spiro atoms. The molecule has 42 heavy (non-hydrogen) atoms. The minimum atomic E-state index is 0.632. The molecular formula is C38H24N4. The van der Waals surface area contributed by atoms with Crippen LogP contribution in [0.25, 0.3) is 67.2 Å². The van der Waals surface area contributed by atoms with Crippen molar-refractivity contribution in [1.29, 1.82) is 5.26 Å². The lowest BCUT2D eigenvalue weighted by Crippen LogP contribution is -2.00. The highest BCUT2D eigenvalue weighted by atomic mass is 15.0. The number of aromatic nitrogens is 3. The maximum absolute atomic E-state index is 9.40. The summed E-state index contributed by atoms with van der Waals surface area (Å²) in [5.41, 5.74) is 7.82. The first kappa shape index (κ1) is 25.1. The Bertz CT molecular complexity index is 2020. The molecule has 0 aliphatic rings. The van der Waals surface area contributed by atoms with Crippen molar-refractivity contribution in [2.75, 3.05) is 0 Å². The second kappa shape index (κ2) is 10.9. The van der Waals surface area contributed by atoms with E-state index in [4.69, 9.17) is 15.0 Å². The molecule has 1 heterocycles. The fraction of sp³-hybridized carbons (Fsp3) is 0. The van der Waals surface area contributed by atoms with Gasteiger partial charge in [-0.05, 0) is 51.2 Å². The predicted octanol–water partition coefficient (Wildman–Crippen LogP) is 9.23. The van der Waals surface area contributed by atoms with E-state index in [1.807, 2.05) is 78.9 Å². The standard InChI is InChI=1S/C38H24N4/c39-25-26-9-7-15-33(23-26)34-16-8-14-28-19-22-32(24-35(28)34)27-17-20-31(21-18-27)38-41-36(29-10-3-1-4-11-29)40-37(42-38)30-12-5-2-6-13-30/h1-24H. The average molecular weight is 537 g/mol. The summed E-state index contributed by atoms with van der Waals surface area (Å²) in [4.78, 5) is 14.5. The number of benzene rings is 6. The fourth-order valence-electron chi connectivity index (χ4n) is 5.21. The molecule has 4 heteroatoms. The Labute approximate surface area is 244 Å². The van der Waals surface area contributed by atoms with Crippen molar-refractivity contribution in [3.05, 3.63) is 151 Å². The maximum Gasteiger partial charge on any atom is 0.164 e. The van der Waals surface area contributed by atoms with E-state index >= 15 is 0 Å². The molecule has 1 aromatic heterocycles. The first-order valence-electron chi connectivity index (χ1n) is 13.8. The molecule has 0 N–H and O–H groups in total. The van der Waals surface area contributed by atoms with Gasteiger partial charge in [0.2, 0.25) is 0 Å². The molecule has 0 atom stereocenters. The van der Waals surface area contributed by atoms with Crippen LogP contribution >= 0.6 is 0 Å². The summed E-state index contributed by atoms with van der Waals surface area (Å²) in [5.74, 6) is 1.92. The third-order valence-corrected chi connectivity index (χ3v) is 7.36. The molecule has 0 amide bonds. The van der Waals surface area contributed by atoms with Gasteiger partial charge in [-0.3, -0.25) is 0 Å². The van der Waals surface area contributed by atoms with Crippen molar-refractivity contribution < 1.29 is 0 Å². The second-order valence-corrected chi connectivity index (χ2v) is 10.0. The second-order valence-electron chi connectivity index (χ2n) is 10.0. The van der Waals surface area contributed by atoms with Crippen molar-refractivity contribution in [2.45, 2.75) is 0 Å². The number of nitriles is 1. The zero-order chi connectivity index (χ0) is 28.3. The molecule has 0 aliphatic heterocycles. The van der Waals surface area contributed by atoms with Gasteiger partial charge in [-0.25, -0.2) is 15.0 Å². The van der Waals surface area contributed by atoms with Crippen molar-refractivity contribution in [3.63, 3.8) is 0 Å². The van der Waals surface area contributed by atoms with Gasteiger partial charge in [-0.2, -0.15) is 5.26 Å². The summed E-state index contributed by atoms with van der Waals surface area (Å²) >= 11 is 0. The van der Waals surface area contributed by atoms with Crippen molar-refractivity contribution in [3.8, 4) is 62.5 Å². The van der Waals surface area contributed by atoms with E-state index in [0.717, 1.165) is 49.7 Å². The van der Waals surface area contributed by atoms with Crippen molar-refractivity contribution >= 4 is 10.8 Å². The zero-order valence-electron chi connectivity index (χ0n) is 22.6. The van der Waals surface area contributed by atoms with Gasteiger partial charge in [0.1, 0.15) is 0 Å². The van der Waals surface area contributed by atoms with Crippen molar-refractivity contribution in [1.82, 2.24) is 15.0 Å². The average Bonchev–Trinajstić information content (AvgIpc) is 3.08. The minimum absolute atomic E-state index is 0.632. The number of rotatable bonds is 5. The van der Waals surface area contributed by atoms with Gasteiger partial charge < -0.3 is 0 Å². The third kappa shape index (κ3) is 4.92. The molecule has 4 nitrogen and oxygen atoms in total. The molecule has 7 rings (SSSR count).